The first-order valence-electron chi connectivity index (χ1n) is 18.6. The van der Waals surface area contributed by atoms with E-state index in [1.54, 1.807) is 15.8 Å². The van der Waals surface area contributed by atoms with Gasteiger partial charge in [0.15, 0.2) is 11.4 Å². The number of carbonyl (C=O) groups excluding carboxylic acids is 2. The fourth-order valence-electron chi connectivity index (χ4n) is 7.88. The molecule has 0 aliphatic carbocycles. The number of ether oxygens (including phenoxy) is 1. The van der Waals surface area contributed by atoms with Gasteiger partial charge >= 0.3 is 6.03 Å². The summed E-state index contributed by atoms with van der Waals surface area (Å²) in [5.74, 6) is 2.14. The molecule has 0 unspecified atom stereocenters. The zero-order chi connectivity index (χ0) is 37.3. The number of hydrogen-bond donors (Lipinski definition) is 3. The van der Waals surface area contributed by atoms with Crippen LogP contribution in [0.25, 0.3) is 22.6 Å². The standard InChI is InChI=1S/C39H45ClN10O4/c1-25-32(23-46(2)45-25)37-43-35-36(33(40)19-41-38(35)44-37)54-31-9-3-26(4-10-31)20-47-17-18-49(30(22-47)24-51)21-27-11-14-48(15-12-27)28-5-7-29(8-6-28)50-16-13-34(52)42-39(50)53/h3-10,19,23,27,30,51H,11-18,20-22,24H2,1-2H3,(H,41,43,44)(H,42,52,53)/t30-/m1/s1. The van der Waals surface area contributed by atoms with Gasteiger partial charge in [-0.15, -0.1) is 0 Å². The lowest BCUT2D eigenvalue weighted by Gasteiger charge is -2.43. The Morgan fingerprint density at radius 3 is 2.44 bits per heavy atom. The number of nitrogens with zero attached hydrogens (tertiary/aromatic N) is 8. The highest BCUT2D eigenvalue weighted by atomic mass is 35.5. The lowest BCUT2D eigenvalue weighted by atomic mass is 9.94. The van der Waals surface area contributed by atoms with Gasteiger partial charge in [0.05, 0.1) is 24.1 Å². The predicted molar refractivity (Wildman–Crippen MR) is 207 cm³/mol. The molecule has 6 heterocycles. The molecule has 8 rings (SSSR count). The van der Waals surface area contributed by atoms with Crippen LogP contribution in [0.1, 0.15) is 30.5 Å². The summed E-state index contributed by atoms with van der Waals surface area (Å²) < 4.78 is 8.05. The second-order valence-corrected chi connectivity index (χ2v) is 14.9. The first-order valence-corrected chi connectivity index (χ1v) is 18.9. The summed E-state index contributed by atoms with van der Waals surface area (Å²) in [6.45, 7) is 8.86. The van der Waals surface area contributed by atoms with Crippen molar-refractivity contribution in [1.82, 2.24) is 39.8 Å². The highest BCUT2D eigenvalue weighted by molar-refractivity contribution is 6.32. The number of imidazole rings is 1. The van der Waals surface area contributed by atoms with E-state index >= 15 is 0 Å². The van der Waals surface area contributed by atoms with E-state index in [4.69, 9.17) is 16.3 Å². The quantitative estimate of drug-likeness (QED) is 0.179. The topological polar surface area (TPSA) is 148 Å². The molecular weight excluding hydrogens is 708 g/mol. The number of H-pyrrole nitrogens is 1. The van der Waals surface area contributed by atoms with Crippen molar-refractivity contribution in [3.8, 4) is 22.9 Å². The number of hydrogen-bond acceptors (Lipinski definition) is 10. The first-order chi connectivity index (χ1) is 26.2. The van der Waals surface area contributed by atoms with Crippen LogP contribution in [-0.2, 0) is 18.4 Å². The smallest absolute Gasteiger partial charge is 0.328 e. The number of amides is 3. The second kappa shape index (κ2) is 15.4. The molecule has 282 valence electrons. The van der Waals surface area contributed by atoms with E-state index in [2.05, 4.69) is 64.3 Å². The summed E-state index contributed by atoms with van der Waals surface area (Å²) in [7, 11) is 1.88. The minimum atomic E-state index is -0.363. The number of rotatable bonds is 10. The minimum Gasteiger partial charge on any atom is -0.453 e. The maximum atomic E-state index is 12.2. The lowest BCUT2D eigenvalue weighted by Crippen LogP contribution is -2.55. The fourth-order valence-corrected chi connectivity index (χ4v) is 8.07. The molecule has 3 N–H and O–H groups in total. The molecular formula is C39H45ClN10O4. The molecule has 54 heavy (non-hydrogen) atoms. The number of imide groups is 1. The Bertz CT molecular complexity index is 2130. The van der Waals surface area contributed by atoms with Crippen molar-refractivity contribution in [1.29, 1.82) is 0 Å². The molecule has 2 aromatic carbocycles. The summed E-state index contributed by atoms with van der Waals surface area (Å²) in [4.78, 5) is 45.0. The summed E-state index contributed by atoms with van der Waals surface area (Å²) in [6.07, 6.45) is 5.96. The normalized spacial score (nSPS) is 19.1. The van der Waals surface area contributed by atoms with Crippen LogP contribution in [-0.4, -0.2) is 110 Å². The molecule has 3 aromatic heterocycles. The number of halogens is 1. The number of benzene rings is 2. The Morgan fingerprint density at radius 1 is 0.981 bits per heavy atom. The molecule has 3 fully saturated rings. The number of nitrogens with one attached hydrogen (secondary N) is 2. The van der Waals surface area contributed by atoms with Crippen molar-refractivity contribution >= 4 is 46.1 Å². The molecule has 3 saturated heterocycles. The zero-order valence-electron chi connectivity index (χ0n) is 30.5. The molecule has 0 bridgehead atoms. The van der Waals surface area contributed by atoms with Crippen LogP contribution < -0.4 is 19.9 Å². The summed E-state index contributed by atoms with van der Waals surface area (Å²) >= 11 is 6.57. The maximum Gasteiger partial charge on any atom is 0.328 e. The van der Waals surface area contributed by atoms with E-state index < -0.39 is 0 Å². The maximum absolute atomic E-state index is 12.2. The van der Waals surface area contributed by atoms with Crippen LogP contribution in [0.4, 0.5) is 16.2 Å². The number of piperazine rings is 1. The number of aromatic nitrogens is 5. The van der Waals surface area contributed by atoms with Gasteiger partial charge < -0.3 is 19.7 Å². The van der Waals surface area contributed by atoms with Crippen molar-refractivity contribution in [3.05, 3.63) is 77.2 Å². The van der Waals surface area contributed by atoms with Crippen LogP contribution in [0.2, 0.25) is 5.02 Å². The Morgan fingerprint density at radius 2 is 1.74 bits per heavy atom. The molecule has 5 aromatic rings. The van der Waals surface area contributed by atoms with Crippen LogP contribution in [0.5, 0.6) is 11.5 Å². The van der Waals surface area contributed by atoms with Crippen LogP contribution in [0, 0.1) is 12.8 Å². The third-order valence-corrected chi connectivity index (χ3v) is 11.1. The number of aromatic amines is 1. The van der Waals surface area contributed by atoms with Crippen molar-refractivity contribution in [2.45, 2.75) is 38.8 Å². The number of urea groups is 1. The highest BCUT2D eigenvalue weighted by Crippen LogP contribution is 2.36. The van der Waals surface area contributed by atoms with Crippen molar-refractivity contribution < 1.29 is 19.4 Å². The van der Waals surface area contributed by atoms with Gasteiger partial charge in [-0.25, -0.2) is 14.8 Å². The van der Waals surface area contributed by atoms with Gasteiger partial charge in [-0.1, -0.05) is 23.7 Å². The fraction of sp³-hybridized carbons (Fsp3) is 0.410. The van der Waals surface area contributed by atoms with E-state index in [0.717, 1.165) is 81.3 Å². The van der Waals surface area contributed by atoms with E-state index in [-0.39, 0.29) is 24.6 Å². The number of pyridine rings is 1. The molecule has 3 aliphatic rings. The van der Waals surface area contributed by atoms with Crippen molar-refractivity contribution in [2.75, 3.05) is 62.2 Å². The Labute approximate surface area is 318 Å². The summed E-state index contributed by atoms with van der Waals surface area (Å²) in [6, 6.07) is 15.9. The molecule has 0 radical (unpaired) electrons. The highest BCUT2D eigenvalue weighted by Gasteiger charge is 2.30. The monoisotopic (exact) mass is 752 g/mol. The Hall–Kier alpha value is -5.02. The van der Waals surface area contributed by atoms with Gasteiger partial charge in [-0.3, -0.25) is 29.5 Å². The SMILES string of the molecule is Cc1nn(C)cc1-c1nc2ncc(Cl)c(Oc3ccc(CN4CCN(CC5CCN(c6ccc(N7CCC(=O)NC7=O)cc6)CC5)[C@@H](CO)C4)cc3)c2[nH]1. The van der Waals surface area contributed by atoms with Gasteiger partial charge in [0.25, 0.3) is 0 Å². The largest absolute Gasteiger partial charge is 0.453 e. The number of fused-ring (bicyclic) bond motifs is 1. The van der Waals surface area contributed by atoms with E-state index in [9.17, 15) is 14.7 Å². The number of piperidine rings is 1. The Balaban J connectivity index is 0.824. The molecule has 14 nitrogen and oxygen atoms in total. The average Bonchev–Trinajstić information content (AvgIpc) is 3.76. The summed E-state index contributed by atoms with van der Waals surface area (Å²) in [5.41, 5.74) is 6.00. The predicted octanol–water partition coefficient (Wildman–Crippen LogP) is 4.95. The van der Waals surface area contributed by atoms with E-state index in [1.807, 2.05) is 44.4 Å². The Kier molecular flexibility index (Phi) is 10.2. The molecule has 3 amide bonds. The molecule has 0 saturated carbocycles. The zero-order valence-corrected chi connectivity index (χ0v) is 31.3. The van der Waals surface area contributed by atoms with Crippen LogP contribution in [0.15, 0.2) is 60.9 Å². The lowest BCUT2D eigenvalue weighted by molar-refractivity contribution is -0.120. The number of aliphatic hydroxyl groups excluding tert-OH is 1. The van der Waals surface area contributed by atoms with Crippen molar-refractivity contribution in [2.24, 2.45) is 13.0 Å². The van der Waals surface area contributed by atoms with E-state index in [1.165, 1.54) is 5.56 Å². The molecule has 1 atom stereocenters. The summed E-state index contributed by atoms with van der Waals surface area (Å²) in [5, 5.41) is 17.6. The van der Waals surface area contributed by atoms with Gasteiger partial charge in [-0.2, -0.15) is 5.10 Å². The molecule has 0 spiro atoms. The number of aliphatic hydroxyl groups is 1. The molecule has 15 heteroatoms. The number of aryl methyl sites for hydroxylation is 2. The van der Waals surface area contributed by atoms with Crippen LogP contribution in [0.3, 0.4) is 0 Å². The van der Waals surface area contributed by atoms with Gasteiger partial charge in [0.1, 0.15) is 22.1 Å². The van der Waals surface area contributed by atoms with Gasteiger partial charge in [0, 0.05) is 89.4 Å². The first kappa shape index (κ1) is 36.0. The number of carbonyl (C=O) groups is 2. The third kappa shape index (κ3) is 7.65. The second-order valence-electron chi connectivity index (χ2n) is 14.5. The minimum absolute atomic E-state index is 0.0974. The van der Waals surface area contributed by atoms with E-state index in [0.29, 0.717) is 52.4 Å². The number of anilines is 2. The third-order valence-electron chi connectivity index (χ3n) is 10.8. The molecule has 3 aliphatic heterocycles. The van der Waals surface area contributed by atoms with Gasteiger partial charge in [-0.05, 0) is 67.6 Å². The van der Waals surface area contributed by atoms with Crippen LogP contribution >= 0.6 is 11.6 Å². The average molecular weight is 753 g/mol. The van der Waals surface area contributed by atoms with Crippen molar-refractivity contribution in [3.63, 3.8) is 0 Å². The van der Waals surface area contributed by atoms with Gasteiger partial charge in [0.2, 0.25) is 5.91 Å².